The zero-order valence-electron chi connectivity index (χ0n) is 16.2. The van der Waals surface area contributed by atoms with Gasteiger partial charge in [0.05, 0.1) is 12.6 Å². The smallest absolute Gasteiger partial charge is 0.263 e. The Kier molecular flexibility index (Phi) is 6.47. The standard InChI is InChI=1S/C20H31NO4/c1-13(2)15-8-7-14(3)11-17(15)25-20(4,5)19(22)21-16-9-10-24-12-18(16)23-6/h7-8,11,13,16,18H,9-10,12H2,1-6H3,(H,21,22)/t16-,18-/m0/s1. The Morgan fingerprint density at radius 3 is 2.72 bits per heavy atom. The molecule has 0 aromatic heterocycles. The minimum Gasteiger partial charge on any atom is -0.478 e. The minimum atomic E-state index is -0.978. The third-order valence-electron chi connectivity index (χ3n) is 4.63. The molecule has 0 radical (unpaired) electrons. The predicted octanol–water partition coefficient (Wildman–Crippen LogP) is 3.20. The maximum absolute atomic E-state index is 12.8. The Bertz CT molecular complexity index is 597. The molecule has 0 saturated carbocycles. The first-order valence-corrected chi connectivity index (χ1v) is 8.95. The fourth-order valence-corrected chi connectivity index (χ4v) is 2.98. The van der Waals surface area contributed by atoms with Gasteiger partial charge in [-0.15, -0.1) is 0 Å². The summed E-state index contributed by atoms with van der Waals surface area (Å²) >= 11 is 0. The summed E-state index contributed by atoms with van der Waals surface area (Å²) in [6.07, 6.45) is 0.612. The molecule has 1 aromatic carbocycles. The van der Waals surface area contributed by atoms with Crippen LogP contribution < -0.4 is 10.1 Å². The zero-order valence-corrected chi connectivity index (χ0v) is 16.2. The van der Waals surface area contributed by atoms with Crippen molar-refractivity contribution in [3.05, 3.63) is 29.3 Å². The lowest BCUT2D eigenvalue weighted by atomic mass is 9.99. The topological polar surface area (TPSA) is 56.8 Å². The molecule has 1 saturated heterocycles. The first-order chi connectivity index (χ1) is 11.7. The van der Waals surface area contributed by atoms with Crippen LogP contribution in [-0.4, -0.2) is 44.0 Å². The maximum atomic E-state index is 12.8. The van der Waals surface area contributed by atoms with E-state index in [0.29, 0.717) is 19.1 Å². The van der Waals surface area contributed by atoms with Crippen molar-refractivity contribution in [3.8, 4) is 5.75 Å². The number of rotatable bonds is 6. The lowest BCUT2D eigenvalue weighted by Gasteiger charge is -2.34. The maximum Gasteiger partial charge on any atom is 0.263 e. The van der Waals surface area contributed by atoms with Gasteiger partial charge in [-0.3, -0.25) is 4.79 Å². The van der Waals surface area contributed by atoms with Crippen molar-refractivity contribution >= 4 is 5.91 Å². The molecule has 0 aliphatic carbocycles. The van der Waals surface area contributed by atoms with Crippen LogP contribution in [0.3, 0.4) is 0 Å². The van der Waals surface area contributed by atoms with Crippen LogP contribution in [0.2, 0.25) is 0 Å². The van der Waals surface area contributed by atoms with Gasteiger partial charge in [0, 0.05) is 13.7 Å². The van der Waals surface area contributed by atoms with Crippen LogP contribution in [0.1, 0.15) is 51.2 Å². The molecule has 1 amide bonds. The van der Waals surface area contributed by atoms with Gasteiger partial charge in [0.15, 0.2) is 5.60 Å². The lowest BCUT2D eigenvalue weighted by Crippen LogP contribution is -2.56. The van der Waals surface area contributed by atoms with Gasteiger partial charge in [-0.2, -0.15) is 0 Å². The minimum absolute atomic E-state index is 0.0591. The van der Waals surface area contributed by atoms with Crippen LogP contribution in [0.5, 0.6) is 5.75 Å². The van der Waals surface area contributed by atoms with E-state index in [9.17, 15) is 4.79 Å². The second-order valence-corrected chi connectivity index (χ2v) is 7.53. The van der Waals surface area contributed by atoms with E-state index >= 15 is 0 Å². The molecule has 2 rings (SSSR count). The fourth-order valence-electron chi connectivity index (χ4n) is 2.98. The fraction of sp³-hybridized carbons (Fsp3) is 0.650. The summed E-state index contributed by atoms with van der Waals surface area (Å²) in [6.45, 7) is 11.0. The highest BCUT2D eigenvalue weighted by Crippen LogP contribution is 2.30. The van der Waals surface area contributed by atoms with E-state index in [2.05, 4.69) is 31.3 Å². The Hall–Kier alpha value is -1.59. The van der Waals surface area contributed by atoms with Gasteiger partial charge >= 0.3 is 0 Å². The molecule has 140 valence electrons. The molecule has 1 fully saturated rings. The quantitative estimate of drug-likeness (QED) is 0.857. The van der Waals surface area contributed by atoms with E-state index in [-0.39, 0.29) is 18.1 Å². The van der Waals surface area contributed by atoms with Crippen LogP contribution >= 0.6 is 0 Å². The summed E-state index contributed by atoms with van der Waals surface area (Å²) in [7, 11) is 1.64. The average molecular weight is 349 g/mol. The molecule has 1 aliphatic heterocycles. The van der Waals surface area contributed by atoms with E-state index in [1.54, 1.807) is 21.0 Å². The van der Waals surface area contributed by atoms with Crippen molar-refractivity contribution in [2.75, 3.05) is 20.3 Å². The Labute approximate surface area is 151 Å². The summed E-state index contributed by atoms with van der Waals surface area (Å²) in [5.74, 6) is 0.950. The second-order valence-electron chi connectivity index (χ2n) is 7.53. The molecule has 25 heavy (non-hydrogen) atoms. The summed E-state index contributed by atoms with van der Waals surface area (Å²) in [5, 5.41) is 3.07. The number of aryl methyl sites for hydroxylation is 1. The molecule has 1 N–H and O–H groups in total. The molecule has 1 aliphatic rings. The van der Waals surface area contributed by atoms with Crippen molar-refractivity contribution < 1.29 is 19.0 Å². The number of carbonyl (C=O) groups is 1. The molecule has 1 heterocycles. The summed E-state index contributed by atoms with van der Waals surface area (Å²) in [6, 6.07) is 6.08. The number of ether oxygens (including phenoxy) is 3. The highest BCUT2D eigenvalue weighted by atomic mass is 16.5. The van der Waals surface area contributed by atoms with Gasteiger partial charge in [-0.05, 0) is 50.3 Å². The van der Waals surface area contributed by atoms with Crippen molar-refractivity contribution in [1.82, 2.24) is 5.32 Å². The van der Waals surface area contributed by atoms with Gasteiger partial charge in [0.25, 0.3) is 5.91 Å². The number of carbonyl (C=O) groups excluding carboxylic acids is 1. The Morgan fingerprint density at radius 1 is 1.36 bits per heavy atom. The van der Waals surface area contributed by atoms with Crippen LogP contribution in [0.4, 0.5) is 0 Å². The molecular weight excluding hydrogens is 318 g/mol. The molecule has 5 nitrogen and oxygen atoms in total. The Balaban J connectivity index is 2.12. The van der Waals surface area contributed by atoms with Gasteiger partial charge in [-0.25, -0.2) is 0 Å². The van der Waals surface area contributed by atoms with Crippen molar-refractivity contribution in [2.45, 2.75) is 64.7 Å². The van der Waals surface area contributed by atoms with Gasteiger partial charge in [0.2, 0.25) is 0 Å². The van der Waals surface area contributed by atoms with Crippen LogP contribution in [0.15, 0.2) is 18.2 Å². The normalized spacial score (nSPS) is 21.2. The summed E-state index contributed by atoms with van der Waals surface area (Å²) in [5.41, 5.74) is 1.24. The lowest BCUT2D eigenvalue weighted by molar-refractivity contribution is -0.138. The number of benzene rings is 1. The number of nitrogens with one attached hydrogen (secondary N) is 1. The number of methoxy groups -OCH3 is 1. The number of hydrogen-bond donors (Lipinski definition) is 1. The van der Waals surface area contributed by atoms with E-state index in [0.717, 1.165) is 23.3 Å². The third-order valence-corrected chi connectivity index (χ3v) is 4.63. The SMILES string of the molecule is CO[C@H]1COCC[C@@H]1NC(=O)C(C)(C)Oc1cc(C)ccc1C(C)C. The van der Waals surface area contributed by atoms with Crippen LogP contribution in [0, 0.1) is 6.92 Å². The van der Waals surface area contributed by atoms with Crippen LogP contribution in [-0.2, 0) is 14.3 Å². The molecule has 2 atom stereocenters. The summed E-state index contributed by atoms with van der Waals surface area (Å²) < 4.78 is 17.0. The monoisotopic (exact) mass is 349 g/mol. The zero-order chi connectivity index (χ0) is 18.6. The molecule has 5 heteroatoms. The predicted molar refractivity (Wildman–Crippen MR) is 98.1 cm³/mol. The van der Waals surface area contributed by atoms with E-state index in [4.69, 9.17) is 14.2 Å². The number of amides is 1. The highest BCUT2D eigenvalue weighted by molar-refractivity contribution is 5.85. The van der Waals surface area contributed by atoms with Crippen LogP contribution in [0.25, 0.3) is 0 Å². The van der Waals surface area contributed by atoms with Gasteiger partial charge < -0.3 is 19.5 Å². The van der Waals surface area contributed by atoms with Gasteiger partial charge in [-0.1, -0.05) is 26.0 Å². The van der Waals surface area contributed by atoms with Crippen molar-refractivity contribution in [3.63, 3.8) is 0 Å². The first kappa shape index (κ1) is 19.7. The second kappa shape index (κ2) is 8.19. The van der Waals surface area contributed by atoms with E-state index in [1.807, 2.05) is 13.0 Å². The number of hydrogen-bond acceptors (Lipinski definition) is 4. The highest BCUT2D eigenvalue weighted by Gasteiger charge is 2.35. The molecule has 0 bridgehead atoms. The molecule has 0 unspecified atom stereocenters. The van der Waals surface area contributed by atoms with Gasteiger partial charge in [0.1, 0.15) is 11.9 Å². The largest absolute Gasteiger partial charge is 0.478 e. The third kappa shape index (κ3) is 4.95. The van der Waals surface area contributed by atoms with E-state index < -0.39 is 5.60 Å². The van der Waals surface area contributed by atoms with Crippen molar-refractivity contribution in [1.29, 1.82) is 0 Å². The molecule has 1 aromatic rings. The Morgan fingerprint density at radius 2 is 2.08 bits per heavy atom. The average Bonchev–Trinajstić information content (AvgIpc) is 2.54. The molecular formula is C20H31NO4. The van der Waals surface area contributed by atoms with E-state index in [1.165, 1.54) is 0 Å². The first-order valence-electron chi connectivity index (χ1n) is 8.95. The molecule has 0 spiro atoms. The summed E-state index contributed by atoms with van der Waals surface area (Å²) in [4.78, 5) is 12.8. The van der Waals surface area contributed by atoms with Crippen molar-refractivity contribution in [2.24, 2.45) is 0 Å².